The lowest BCUT2D eigenvalue weighted by molar-refractivity contribution is 0.174. The lowest BCUT2D eigenvalue weighted by Crippen LogP contribution is -2.09. The molecule has 0 spiro atoms. The summed E-state index contributed by atoms with van der Waals surface area (Å²) in [5.41, 5.74) is 2.95. The molecule has 0 amide bonds. The number of hydrogen-bond donors (Lipinski definition) is 2. The number of hydrogen-bond acceptors (Lipinski definition) is 4. The number of aliphatic hydroxyl groups excluding tert-OH is 1. The van der Waals surface area contributed by atoms with Gasteiger partial charge in [0, 0.05) is 17.3 Å². The lowest BCUT2D eigenvalue weighted by Gasteiger charge is -2.20. The fraction of sp³-hybridized carbons (Fsp3) is 0.294. The van der Waals surface area contributed by atoms with E-state index in [4.69, 9.17) is 9.47 Å². The Morgan fingerprint density at radius 3 is 2.62 bits per heavy atom. The number of ether oxygens (including phenoxy) is 2. The molecule has 110 valence electrons. The summed E-state index contributed by atoms with van der Waals surface area (Å²) in [5, 5.41) is 13.3. The van der Waals surface area contributed by atoms with E-state index in [1.807, 2.05) is 42.5 Å². The van der Waals surface area contributed by atoms with Crippen molar-refractivity contribution >= 4 is 5.69 Å². The first-order chi connectivity index (χ1) is 10.1. The number of rotatable bonds is 4. The minimum absolute atomic E-state index is 0.0967. The molecule has 0 fully saturated rings. The zero-order valence-electron chi connectivity index (χ0n) is 12.2. The fourth-order valence-electron chi connectivity index (χ4n) is 2.49. The van der Waals surface area contributed by atoms with E-state index in [9.17, 15) is 5.11 Å². The van der Waals surface area contributed by atoms with Gasteiger partial charge >= 0.3 is 0 Å². The van der Waals surface area contributed by atoms with Crippen LogP contribution in [0.25, 0.3) is 0 Å². The monoisotopic (exact) mass is 285 g/mol. The van der Waals surface area contributed by atoms with Gasteiger partial charge in [-0.05, 0) is 37.6 Å². The van der Waals surface area contributed by atoms with E-state index in [1.54, 1.807) is 6.92 Å². The predicted molar refractivity (Wildman–Crippen MR) is 81.7 cm³/mol. The number of fused-ring (bicyclic) bond motifs is 1. The molecule has 0 saturated carbocycles. The third kappa shape index (κ3) is 2.81. The minimum Gasteiger partial charge on any atom is -0.454 e. The van der Waals surface area contributed by atoms with Crippen molar-refractivity contribution in [1.29, 1.82) is 0 Å². The molecule has 0 aromatic heterocycles. The van der Waals surface area contributed by atoms with Crippen LogP contribution in [-0.2, 0) is 0 Å². The highest BCUT2D eigenvalue weighted by Crippen LogP contribution is 2.35. The lowest BCUT2D eigenvalue weighted by atomic mass is 10.0. The molecule has 3 rings (SSSR count). The molecular formula is C17H19NO3. The highest BCUT2D eigenvalue weighted by Gasteiger charge is 2.16. The summed E-state index contributed by atoms with van der Waals surface area (Å²) < 4.78 is 10.7. The molecule has 0 bridgehead atoms. The summed E-state index contributed by atoms with van der Waals surface area (Å²) in [6, 6.07) is 13.8. The van der Waals surface area contributed by atoms with Crippen LogP contribution in [0.15, 0.2) is 42.5 Å². The number of aliphatic hydroxyl groups is 1. The molecule has 21 heavy (non-hydrogen) atoms. The van der Waals surface area contributed by atoms with E-state index in [0.29, 0.717) is 0 Å². The van der Waals surface area contributed by atoms with E-state index in [-0.39, 0.29) is 12.8 Å². The Balaban J connectivity index is 1.82. The standard InChI is InChI=1S/C17H19NO3/c1-11(13-7-8-16-17(9-13)21-10-20-16)18-15-6-4-3-5-14(15)12(2)19/h3-9,11-12,18-19H,10H2,1-2H3. The Bertz CT molecular complexity index is 640. The summed E-state index contributed by atoms with van der Waals surface area (Å²) in [4.78, 5) is 0. The van der Waals surface area contributed by atoms with E-state index < -0.39 is 6.10 Å². The van der Waals surface area contributed by atoms with Crippen molar-refractivity contribution in [2.75, 3.05) is 12.1 Å². The number of benzene rings is 2. The second kappa shape index (κ2) is 5.66. The molecule has 2 atom stereocenters. The van der Waals surface area contributed by atoms with Gasteiger partial charge in [0.05, 0.1) is 6.10 Å². The Kier molecular flexibility index (Phi) is 3.71. The van der Waals surface area contributed by atoms with Crippen molar-refractivity contribution in [3.8, 4) is 11.5 Å². The van der Waals surface area contributed by atoms with Crippen molar-refractivity contribution in [1.82, 2.24) is 0 Å². The molecular weight excluding hydrogens is 266 g/mol. The number of para-hydroxylation sites is 1. The average molecular weight is 285 g/mol. The van der Waals surface area contributed by atoms with Crippen LogP contribution in [0, 0.1) is 0 Å². The number of anilines is 1. The molecule has 2 aromatic carbocycles. The maximum absolute atomic E-state index is 9.84. The third-order valence-corrected chi connectivity index (χ3v) is 3.68. The fourth-order valence-corrected chi connectivity index (χ4v) is 2.49. The van der Waals surface area contributed by atoms with Gasteiger partial charge in [0.2, 0.25) is 6.79 Å². The summed E-state index contributed by atoms with van der Waals surface area (Å²) >= 11 is 0. The molecule has 2 N–H and O–H groups in total. The quantitative estimate of drug-likeness (QED) is 0.900. The summed E-state index contributed by atoms with van der Waals surface area (Å²) in [6.07, 6.45) is -0.502. The smallest absolute Gasteiger partial charge is 0.231 e. The van der Waals surface area contributed by atoms with Crippen molar-refractivity contribution in [2.45, 2.75) is 26.0 Å². The van der Waals surface area contributed by atoms with Gasteiger partial charge in [0.1, 0.15) is 0 Å². The molecule has 2 aromatic rings. The average Bonchev–Trinajstić information content (AvgIpc) is 2.94. The third-order valence-electron chi connectivity index (χ3n) is 3.68. The Morgan fingerprint density at radius 2 is 1.81 bits per heavy atom. The molecule has 0 aliphatic carbocycles. The number of nitrogens with one attached hydrogen (secondary N) is 1. The molecule has 1 heterocycles. The molecule has 4 nitrogen and oxygen atoms in total. The van der Waals surface area contributed by atoms with Crippen LogP contribution < -0.4 is 14.8 Å². The maximum atomic E-state index is 9.84. The van der Waals surface area contributed by atoms with Crippen LogP contribution in [0.2, 0.25) is 0 Å². The zero-order valence-corrected chi connectivity index (χ0v) is 12.2. The van der Waals surface area contributed by atoms with Crippen LogP contribution >= 0.6 is 0 Å². The molecule has 0 radical (unpaired) electrons. The van der Waals surface area contributed by atoms with Gasteiger partial charge in [-0.2, -0.15) is 0 Å². The zero-order chi connectivity index (χ0) is 14.8. The second-order valence-corrected chi connectivity index (χ2v) is 5.24. The Labute approximate surface area is 124 Å². The highest BCUT2D eigenvalue weighted by atomic mass is 16.7. The van der Waals surface area contributed by atoms with Crippen molar-refractivity contribution in [2.24, 2.45) is 0 Å². The van der Waals surface area contributed by atoms with Gasteiger partial charge in [-0.3, -0.25) is 0 Å². The van der Waals surface area contributed by atoms with Crippen molar-refractivity contribution in [3.05, 3.63) is 53.6 Å². The molecule has 4 heteroatoms. The van der Waals surface area contributed by atoms with Gasteiger partial charge in [-0.1, -0.05) is 24.3 Å². The minimum atomic E-state index is -0.502. The van der Waals surface area contributed by atoms with Crippen LogP contribution in [0.3, 0.4) is 0 Å². The maximum Gasteiger partial charge on any atom is 0.231 e. The van der Waals surface area contributed by atoms with Gasteiger partial charge in [0.15, 0.2) is 11.5 Å². The summed E-state index contributed by atoms with van der Waals surface area (Å²) in [5.74, 6) is 1.57. The normalized spacial score (nSPS) is 15.6. The SMILES string of the molecule is CC(O)c1ccccc1NC(C)c1ccc2c(c1)OCO2. The topological polar surface area (TPSA) is 50.7 Å². The van der Waals surface area contributed by atoms with E-state index >= 15 is 0 Å². The van der Waals surface area contributed by atoms with Crippen LogP contribution in [0.4, 0.5) is 5.69 Å². The van der Waals surface area contributed by atoms with Crippen LogP contribution in [0.5, 0.6) is 11.5 Å². The Hall–Kier alpha value is -2.20. The van der Waals surface area contributed by atoms with E-state index in [0.717, 1.165) is 28.3 Å². The van der Waals surface area contributed by atoms with E-state index in [2.05, 4.69) is 12.2 Å². The summed E-state index contributed by atoms with van der Waals surface area (Å²) in [7, 11) is 0. The second-order valence-electron chi connectivity index (χ2n) is 5.24. The first-order valence-corrected chi connectivity index (χ1v) is 7.08. The molecule has 0 saturated heterocycles. The van der Waals surface area contributed by atoms with Crippen LogP contribution in [0.1, 0.15) is 37.1 Å². The van der Waals surface area contributed by atoms with Crippen molar-refractivity contribution < 1.29 is 14.6 Å². The molecule has 1 aliphatic rings. The van der Waals surface area contributed by atoms with Gasteiger partial charge in [0.25, 0.3) is 0 Å². The van der Waals surface area contributed by atoms with E-state index in [1.165, 1.54) is 0 Å². The largest absolute Gasteiger partial charge is 0.454 e. The predicted octanol–water partition coefficient (Wildman–Crippen LogP) is 3.64. The molecule has 2 unspecified atom stereocenters. The van der Waals surface area contributed by atoms with Gasteiger partial charge in [-0.25, -0.2) is 0 Å². The summed E-state index contributed by atoms with van der Waals surface area (Å²) in [6.45, 7) is 4.13. The first kappa shape index (κ1) is 13.8. The first-order valence-electron chi connectivity index (χ1n) is 7.08. The highest BCUT2D eigenvalue weighted by molar-refractivity contribution is 5.54. The van der Waals surface area contributed by atoms with Crippen LogP contribution in [-0.4, -0.2) is 11.9 Å². The van der Waals surface area contributed by atoms with Gasteiger partial charge < -0.3 is 19.9 Å². The van der Waals surface area contributed by atoms with Gasteiger partial charge in [-0.15, -0.1) is 0 Å². The Morgan fingerprint density at radius 1 is 1.05 bits per heavy atom. The van der Waals surface area contributed by atoms with Crippen molar-refractivity contribution in [3.63, 3.8) is 0 Å². The molecule has 1 aliphatic heterocycles.